The summed E-state index contributed by atoms with van der Waals surface area (Å²) in [7, 11) is 3.01. The smallest absolute Gasteiger partial charge is 0.319 e. The lowest BCUT2D eigenvalue weighted by atomic mass is 9.99. The van der Waals surface area contributed by atoms with Gasteiger partial charge in [0.2, 0.25) is 0 Å². The zero-order valence-electron chi connectivity index (χ0n) is 14.9. The first kappa shape index (κ1) is 18.8. The lowest BCUT2D eigenvalue weighted by molar-refractivity contribution is 0.0628. The molecule has 0 bridgehead atoms. The molecule has 7 nitrogen and oxygen atoms in total. The third-order valence-corrected chi connectivity index (χ3v) is 5.03. The van der Waals surface area contributed by atoms with Crippen LogP contribution in [-0.4, -0.2) is 31.9 Å². The second-order valence-electron chi connectivity index (χ2n) is 5.66. The van der Waals surface area contributed by atoms with E-state index in [-0.39, 0.29) is 6.54 Å². The van der Waals surface area contributed by atoms with E-state index < -0.39 is 11.6 Å². The standard InChI is InChI=1S/C19H20N2O5S/c1-24-14-7-3-6-13(17(14)25-2)21-18(22)20-12-19(23,15-8-4-10-26-15)16-9-5-11-27-16/h3-11,23H,12H2,1-2H3,(H2,20,21,22). The summed E-state index contributed by atoms with van der Waals surface area (Å²) < 4.78 is 15.9. The molecule has 2 heterocycles. The van der Waals surface area contributed by atoms with Crippen molar-refractivity contribution in [3.63, 3.8) is 0 Å². The Bertz CT molecular complexity index is 843. The van der Waals surface area contributed by atoms with Crippen LogP contribution in [0.1, 0.15) is 10.6 Å². The van der Waals surface area contributed by atoms with Gasteiger partial charge < -0.3 is 29.6 Å². The molecular weight excluding hydrogens is 368 g/mol. The van der Waals surface area contributed by atoms with Crippen LogP contribution >= 0.6 is 11.3 Å². The summed E-state index contributed by atoms with van der Waals surface area (Å²) in [5.74, 6) is 1.26. The third-order valence-electron chi connectivity index (χ3n) is 4.01. The molecule has 0 radical (unpaired) electrons. The van der Waals surface area contributed by atoms with Crippen molar-refractivity contribution in [3.05, 3.63) is 64.7 Å². The highest BCUT2D eigenvalue weighted by molar-refractivity contribution is 7.10. The molecule has 1 aromatic carbocycles. The van der Waals surface area contributed by atoms with Gasteiger partial charge in [0, 0.05) is 4.88 Å². The molecule has 2 amide bonds. The number of hydrogen-bond donors (Lipinski definition) is 3. The largest absolute Gasteiger partial charge is 0.493 e. The molecule has 3 rings (SSSR count). The Morgan fingerprint density at radius 3 is 2.67 bits per heavy atom. The minimum absolute atomic E-state index is 0.0703. The number of benzene rings is 1. The highest BCUT2D eigenvalue weighted by Crippen LogP contribution is 2.35. The first-order valence-corrected chi connectivity index (χ1v) is 9.02. The monoisotopic (exact) mass is 388 g/mol. The molecular formula is C19H20N2O5S. The van der Waals surface area contributed by atoms with Crippen LogP contribution in [-0.2, 0) is 5.60 Å². The van der Waals surface area contributed by atoms with E-state index in [9.17, 15) is 9.90 Å². The van der Waals surface area contributed by atoms with Crippen molar-refractivity contribution in [1.29, 1.82) is 0 Å². The predicted molar refractivity (Wildman–Crippen MR) is 103 cm³/mol. The summed E-state index contributed by atoms with van der Waals surface area (Å²) in [5.41, 5.74) is -1.01. The average molecular weight is 388 g/mol. The number of anilines is 1. The van der Waals surface area contributed by atoms with E-state index in [1.807, 2.05) is 11.4 Å². The molecule has 1 atom stereocenters. The van der Waals surface area contributed by atoms with Gasteiger partial charge in [0.05, 0.1) is 32.7 Å². The quantitative estimate of drug-likeness (QED) is 0.577. The van der Waals surface area contributed by atoms with Gasteiger partial charge in [-0.1, -0.05) is 12.1 Å². The van der Waals surface area contributed by atoms with Gasteiger partial charge >= 0.3 is 6.03 Å². The number of rotatable bonds is 7. The maximum atomic E-state index is 12.4. The zero-order chi connectivity index (χ0) is 19.3. The number of furan rings is 1. The van der Waals surface area contributed by atoms with E-state index in [1.165, 1.54) is 31.8 Å². The van der Waals surface area contributed by atoms with Gasteiger partial charge in [0.1, 0.15) is 5.76 Å². The summed E-state index contributed by atoms with van der Waals surface area (Å²) in [6, 6.07) is 11.6. The molecule has 3 aromatic rings. The van der Waals surface area contributed by atoms with Crippen LogP contribution in [0.15, 0.2) is 58.5 Å². The maximum absolute atomic E-state index is 12.4. The van der Waals surface area contributed by atoms with E-state index in [4.69, 9.17) is 13.9 Å². The van der Waals surface area contributed by atoms with Crippen molar-refractivity contribution >= 4 is 23.1 Å². The Hall–Kier alpha value is -2.97. The SMILES string of the molecule is COc1cccc(NC(=O)NCC(O)(c2ccco2)c2cccs2)c1OC. The van der Waals surface area contributed by atoms with Gasteiger partial charge in [-0.2, -0.15) is 0 Å². The summed E-state index contributed by atoms with van der Waals surface area (Å²) in [5, 5.41) is 18.4. The maximum Gasteiger partial charge on any atom is 0.319 e. The molecule has 0 aliphatic carbocycles. The number of aliphatic hydroxyl groups is 1. The summed E-state index contributed by atoms with van der Waals surface area (Å²) in [4.78, 5) is 13.1. The van der Waals surface area contributed by atoms with E-state index >= 15 is 0 Å². The lowest BCUT2D eigenvalue weighted by Crippen LogP contribution is -2.42. The normalized spacial score (nSPS) is 12.9. The van der Waals surface area contributed by atoms with Crippen LogP contribution in [0.4, 0.5) is 10.5 Å². The number of ether oxygens (including phenoxy) is 2. The van der Waals surface area contributed by atoms with Gasteiger partial charge in [0.15, 0.2) is 17.1 Å². The summed E-state index contributed by atoms with van der Waals surface area (Å²) in [6.45, 7) is -0.0703. The number of thiophene rings is 1. The Kier molecular flexibility index (Phi) is 5.68. The predicted octanol–water partition coefficient (Wildman–Crippen LogP) is 3.42. The van der Waals surface area contributed by atoms with Crippen molar-refractivity contribution in [2.24, 2.45) is 0 Å². The molecule has 0 saturated heterocycles. The van der Waals surface area contributed by atoms with E-state index in [1.54, 1.807) is 36.4 Å². The molecule has 0 aliphatic heterocycles. The molecule has 142 valence electrons. The summed E-state index contributed by atoms with van der Waals surface area (Å²) in [6.07, 6.45) is 1.48. The molecule has 0 fully saturated rings. The first-order valence-electron chi connectivity index (χ1n) is 8.14. The topological polar surface area (TPSA) is 93.0 Å². The second-order valence-corrected chi connectivity index (χ2v) is 6.61. The molecule has 3 N–H and O–H groups in total. The van der Waals surface area contributed by atoms with E-state index in [0.717, 1.165) is 0 Å². The zero-order valence-corrected chi connectivity index (χ0v) is 15.7. The van der Waals surface area contributed by atoms with E-state index in [2.05, 4.69) is 10.6 Å². The fourth-order valence-electron chi connectivity index (χ4n) is 2.68. The Labute approximate surface area is 160 Å². The van der Waals surface area contributed by atoms with E-state index in [0.29, 0.717) is 27.8 Å². The van der Waals surface area contributed by atoms with Gasteiger partial charge in [-0.05, 0) is 35.7 Å². The van der Waals surface area contributed by atoms with Crippen LogP contribution in [0, 0.1) is 0 Å². The van der Waals surface area contributed by atoms with Gasteiger partial charge in [0.25, 0.3) is 0 Å². The van der Waals surface area contributed by atoms with Crippen molar-refractivity contribution in [2.45, 2.75) is 5.60 Å². The van der Waals surface area contributed by atoms with Crippen LogP contribution in [0.25, 0.3) is 0 Å². The first-order chi connectivity index (χ1) is 13.1. The number of urea groups is 1. The summed E-state index contributed by atoms with van der Waals surface area (Å²) >= 11 is 1.38. The van der Waals surface area contributed by atoms with Crippen LogP contribution in [0.3, 0.4) is 0 Å². The van der Waals surface area contributed by atoms with Crippen LogP contribution in [0.2, 0.25) is 0 Å². The minimum Gasteiger partial charge on any atom is -0.493 e. The molecule has 2 aromatic heterocycles. The van der Waals surface area contributed by atoms with Crippen molar-refractivity contribution in [1.82, 2.24) is 5.32 Å². The number of methoxy groups -OCH3 is 2. The van der Waals surface area contributed by atoms with Crippen molar-refractivity contribution in [2.75, 3.05) is 26.1 Å². The minimum atomic E-state index is -1.46. The average Bonchev–Trinajstić information content (AvgIpc) is 3.40. The van der Waals surface area contributed by atoms with Gasteiger partial charge in [-0.15, -0.1) is 11.3 Å². The fourth-order valence-corrected chi connectivity index (χ4v) is 3.51. The number of para-hydroxylation sites is 1. The number of amides is 2. The Balaban J connectivity index is 1.75. The third kappa shape index (κ3) is 3.91. The van der Waals surface area contributed by atoms with Gasteiger partial charge in [-0.3, -0.25) is 0 Å². The van der Waals surface area contributed by atoms with Crippen LogP contribution < -0.4 is 20.1 Å². The number of carbonyl (C=O) groups is 1. The molecule has 0 saturated carbocycles. The Morgan fingerprint density at radius 2 is 2.04 bits per heavy atom. The molecule has 0 spiro atoms. The fraction of sp³-hybridized carbons (Fsp3) is 0.211. The lowest BCUT2D eigenvalue weighted by Gasteiger charge is -2.25. The highest BCUT2D eigenvalue weighted by atomic mass is 32.1. The van der Waals surface area contributed by atoms with Crippen molar-refractivity contribution < 1.29 is 23.8 Å². The molecule has 27 heavy (non-hydrogen) atoms. The molecule has 8 heteroatoms. The number of carbonyl (C=O) groups excluding carboxylic acids is 1. The highest BCUT2D eigenvalue weighted by Gasteiger charge is 2.36. The molecule has 0 aliphatic rings. The number of nitrogens with one attached hydrogen (secondary N) is 2. The Morgan fingerprint density at radius 1 is 1.19 bits per heavy atom. The number of hydrogen-bond acceptors (Lipinski definition) is 6. The van der Waals surface area contributed by atoms with Crippen LogP contribution in [0.5, 0.6) is 11.5 Å². The van der Waals surface area contributed by atoms with Gasteiger partial charge in [-0.25, -0.2) is 4.79 Å². The second kappa shape index (κ2) is 8.15. The van der Waals surface area contributed by atoms with Crippen molar-refractivity contribution in [3.8, 4) is 11.5 Å². The molecule has 1 unspecified atom stereocenters.